The molecule has 1 rings (SSSR count). The Bertz CT molecular complexity index is 402. The first kappa shape index (κ1) is 13.4. The Morgan fingerprint density at radius 1 is 1.06 bits per heavy atom. The van der Waals surface area contributed by atoms with Crippen LogP contribution >= 0.6 is 0 Å². The van der Waals surface area contributed by atoms with Crippen molar-refractivity contribution < 1.29 is 40.2 Å². The molecule has 1 aromatic rings. The van der Waals surface area contributed by atoms with Gasteiger partial charge in [0.1, 0.15) is 5.75 Å². The van der Waals surface area contributed by atoms with Crippen LogP contribution in [-0.2, 0) is 0 Å². The molecule has 0 amide bonds. The quantitative estimate of drug-likeness (QED) is 0.778. The predicted molar refractivity (Wildman–Crippen MR) is 39.7 cm³/mol. The van der Waals surface area contributed by atoms with Crippen LogP contribution in [-0.4, -0.2) is 13.0 Å². The van der Waals surface area contributed by atoms with Crippen LogP contribution in [0.1, 0.15) is 0 Å². The highest BCUT2D eigenvalue weighted by molar-refractivity contribution is 5.35. The third-order valence-corrected chi connectivity index (χ3v) is 1.42. The van der Waals surface area contributed by atoms with Crippen molar-refractivity contribution >= 4 is 0 Å². The van der Waals surface area contributed by atoms with E-state index in [0.717, 1.165) is 0 Å². The van der Waals surface area contributed by atoms with Crippen molar-refractivity contribution in [1.82, 2.24) is 0 Å². The highest BCUT2D eigenvalue weighted by Crippen LogP contribution is 2.31. The highest BCUT2D eigenvalue weighted by atomic mass is 19.4. The summed E-state index contributed by atoms with van der Waals surface area (Å²) in [5.74, 6) is -6.21. The third-order valence-electron chi connectivity index (χ3n) is 1.42. The Morgan fingerprint density at radius 2 is 1.65 bits per heavy atom. The monoisotopic (exact) mass is 264 g/mol. The number of hydrogen-bond acceptors (Lipinski definition) is 2. The fraction of sp³-hybridized carbons (Fsp3) is 0.250. The van der Waals surface area contributed by atoms with E-state index in [4.69, 9.17) is 0 Å². The van der Waals surface area contributed by atoms with Crippen molar-refractivity contribution in [3.8, 4) is 11.5 Å². The van der Waals surface area contributed by atoms with Crippen molar-refractivity contribution in [1.29, 1.82) is 0 Å². The van der Waals surface area contributed by atoms with Gasteiger partial charge in [0.15, 0.2) is 11.6 Å². The molecule has 0 unspecified atom stereocenters. The van der Waals surface area contributed by atoms with Gasteiger partial charge in [0.05, 0.1) is 0 Å². The topological polar surface area (TPSA) is 18.5 Å². The lowest BCUT2D eigenvalue weighted by atomic mass is 10.3. The molecule has 0 saturated heterocycles. The minimum Gasteiger partial charge on any atom is -0.431 e. The summed E-state index contributed by atoms with van der Waals surface area (Å²) >= 11 is 0. The van der Waals surface area contributed by atoms with Gasteiger partial charge in [-0.2, -0.15) is 13.2 Å². The van der Waals surface area contributed by atoms with Crippen molar-refractivity contribution in [2.24, 2.45) is 0 Å². The Kier molecular flexibility index (Phi) is 3.69. The van der Waals surface area contributed by atoms with Crippen LogP contribution in [0.3, 0.4) is 0 Å². The average molecular weight is 264 g/mol. The second-order valence-corrected chi connectivity index (χ2v) is 2.64. The first-order chi connectivity index (χ1) is 7.69. The van der Waals surface area contributed by atoms with Gasteiger partial charge in [-0.05, 0) is 0 Å². The first-order valence-electron chi connectivity index (χ1n) is 3.88. The minimum absolute atomic E-state index is 0.0567. The van der Waals surface area contributed by atoms with E-state index in [2.05, 4.69) is 9.47 Å². The van der Waals surface area contributed by atoms with E-state index in [9.17, 15) is 30.7 Å². The minimum atomic E-state index is -5.16. The molecule has 0 heterocycles. The summed E-state index contributed by atoms with van der Waals surface area (Å²) in [6.45, 7) is -3.51. The molecule has 9 heteroatoms. The zero-order valence-corrected chi connectivity index (χ0v) is 7.69. The maximum Gasteiger partial charge on any atom is 0.573 e. The zero-order chi connectivity index (χ0) is 13.2. The van der Waals surface area contributed by atoms with Crippen LogP contribution < -0.4 is 9.47 Å². The molecule has 0 aromatic heterocycles. The van der Waals surface area contributed by atoms with Crippen LogP contribution in [0.25, 0.3) is 0 Å². The van der Waals surface area contributed by atoms with Gasteiger partial charge in [0.25, 0.3) is 0 Å². The number of alkyl halides is 5. The van der Waals surface area contributed by atoms with E-state index >= 15 is 0 Å². The van der Waals surface area contributed by atoms with Gasteiger partial charge in [-0.15, -0.1) is 13.2 Å². The maximum absolute atomic E-state index is 12.8. The lowest BCUT2D eigenvalue weighted by molar-refractivity contribution is -0.274. The molecule has 0 aliphatic rings. The van der Waals surface area contributed by atoms with Gasteiger partial charge >= 0.3 is 13.0 Å². The molecule has 0 aliphatic heterocycles. The SMILES string of the molecule is Fc1cc(OC(F)(F)F)cc(OC(F)F)c1F. The second kappa shape index (κ2) is 4.68. The fourth-order valence-electron chi connectivity index (χ4n) is 0.914. The van der Waals surface area contributed by atoms with Crippen LogP contribution in [0, 0.1) is 11.6 Å². The molecule has 0 radical (unpaired) electrons. The predicted octanol–water partition coefficient (Wildman–Crippen LogP) is 3.46. The Balaban J connectivity index is 3.06. The molecule has 0 N–H and O–H groups in total. The molecule has 0 bridgehead atoms. The van der Waals surface area contributed by atoms with Gasteiger partial charge in [0.2, 0.25) is 5.82 Å². The van der Waals surface area contributed by atoms with Gasteiger partial charge in [-0.25, -0.2) is 4.39 Å². The van der Waals surface area contributed by atoms with E-state index in [0.29, 0.717) is 0 Å². The summed E-state index contributed by atoms with van der Waals surface area (Å²) in [6.07, 6.45) is -5.16. The summed E-state index contributed by atoms with van der Waals surface area (Å²) in [6, 6.07) is 0.221. The van der Waals surface area contributed by atoms with Gasteiger partial charge < -0.3 is 9.47 Å². The van der Waals surface area contributed by atoms with E-state index < -0.39 is 36.1 Å². The average Bonchev–Trinajstić information content (AvgIpc) is 2.09. The second-order valence-electron chi connectivity index (χ2n) is 2.64. The Morgan fingerprint density at radius 3 is 2.12 bits per heavy atom. The molecule has 0 aliphatic carbocycles. The van der Waals surface area contributed by atoms with Crippen molar-refractivity contribution in [2.45, 2.75) is 13.0 Å². The molecule has 17 heavy (non-hydrogen) atoms. The number of benzene rings is 1. The summed E-state index contributed by atoms with van der Waals surface area (Å²) in [5, 5.41) is 0. The van der Waals surface area contributed by atoms with Gasteiger partial charge in [-0.1, -0.05) is 0 Å². The molecule has 96 valence electrons. The van der Waals surface area contributed by atoms with E-state index in [1.807, 2.05) is 0 Å². The molecule has 2 nitrogen and oxygen atoms in total. The lowest BCUT2D eigenvalue weighted by Gasteiger charge is -2.11. The highest BCUT2D eigenvalue weighted by Gasteiger charge is 2.32. The largest absolute Gasteiger partial charge is 0.573 e. The van der Waals surface area contributed by atoms with Crippen molar-refractivity contribution in [2.75, 3.05) is 0 Å². The lowest BCUT2D eigenvalue weighted by Crippen LogP contribution is -2.17. The summed E-state index contributed by atoms with van der Waals surface area (Å²) in [7, 11) is 0. The maximum atomic E-state index is 12.8. The number of halogens is 7. The smallest absolute Gasteiger partial charge is 0.431 e. The fourth-order valence-corrected chi connectivity index (χ4v) is 0.914. The van der Waals surface area contributed by atoms with Crippen LogP contribution in [0.2, 0.25) is 0 Å². The molecule has 0 spiro atoms. The van der Waals surface area contributed by atoms with E-state index in [-0.39, 0.29) is 12.1 Å². The van der Waals surface area contributed by atoms with Crippen molar-refractivity contribution in [3.63, 3.8) is 0 Å². The van der Waals surface area contributed by atoms with Crippen LogP contribution in [0.5, 0.6) is 11.5 Å². The third kappa shape index (κ3) is 4.00. The number of ether oxygens (including phenoxy) is 2. The Hall–Kier alpha value is -1.67. The van der Waals surface area contributed by atoms with Gasteiger partial charge in [-0.3, -0.25) is 0 Å². The molecule has 1 aromatic carbocycles. The molecule has 0 atom stereocenters. The first-order valence-corrected chi connectivity index (χ1v) is 3.88. The molecule has 0 fully saturated rings. The van der Waals surface area contributed by atoms with Crippen LogP contribution in [0.4, 0.5) is 30.7 Å². The summed E-state index contributed by atoms with van der Waals surface area (Å²) < 4.78 is 90.9. The zero-order valence-electron chi connectivity index (χ0n) is 7.69. The van der Waals surface area contributed by atoms with Gasteiger partial charge in [0, 0.05) is 12.1 Å². The molecule has 0 saturated carbocycles. The van der Waals surface area contributed by atoms with Crippen LogP contribution in [0.15, 0.2) is 12.1 Å². The summed E-state index contributed by atoms with van der Waals surface area (Å²) in [5.41, 5.74) is 0. The van der Waals surface area contributed by atoms with Crippen molar-refractivity contribution in [3.05, 3.63) is 23.8 Å². The Labute approximate surface area is 89.5 Å². The standard InChI is InChI=1S/C8H3F7O2/c9-4-1-3(17-8(13,14)15)2-5(6(4)10)16-7(11)12/h1-2,7H. The molecular formula is C8H3F7O2. The summed E-state index contributed by atoms with van der Waals surface area (Å²) in [4.78, 5) is 0. The number of rotatable bonds is 3. The van der Waals surface area contributed by atoms with E-state index in [1.54, 1.807) is 0 Å². The normalized spacial score (nSPS) is 11.8. The number of hydrogen-bond donors (Lipinski definition) is 0. The molecular weight excluding hydrogens is 261 g/mol. The van der Waals surface area contributed by atoms with E-state index in [1.165, 1.54) is 0 Å².